The number of carbonyl (C=O) groups excluding carboxylic acids is 1. The molecular formula is C6H9NO3. The molecule has 0 amide bonds. The van der Waals surface area contributed by atoms with Gasteiger partial charge in [0.2, 0.25) is 0 Å². The zero-order chi connectivity index (χ0) is 7.82. The smallest absolute Gasteiger partial charge is 0.352 e. The lowest BCUT2D eigenvalue weighted by Crippen LogP contribution is -2.01. The van der Waals surface area contributed by atoms with E-state index in [0.29, 0.717) is 0 Å². The van der Waals surface area contributed by atoms with Crippen molar-refractivity contribution in [2.45, 2.75) is 0 Å². The molecular weight excluding hydrogens is 134 g/mol. The zero-order valence-corrected chi connectivity index (χ0v) is 5.74. The van der Waals surface area contributed by atoms with E-state index in [2.05, 4.69) is 21.3 Å². The van der Waals surface area contributed by atoms with E-state index in [9.17, 15) is 4.79 Å². The minimum Gasteiger partial charge on any atom is -0.465 e. The molecule has 0 radical (unpaired) electrons. The van der Waals surface area contributed by atoms with Crippen LogP contribution in [0.1, 0.15) is 0 Å². The second-order valence-corrected chi connectivity index (χ2v) is 1.34. The van der Waals surface area contributed by atoms with Gasteiger partial charge in [0.1, 0.15) is 6.61 Å². The van der Waals surface area contributed by atoms with Gasteiger partial charge in [0.25, 0.3) is 0 Å². The Morgan fingerprint density at radius 2 is 2.50 bits per heavy atom. The van der Waals surface area contributed by atoms with Crippen molar-refractivity contribution in [3.63, 3.8) is 0 Å². The third kappa shape index (κ3) is 4.83. The Morgan fingerprint density at radius 1 is 1.80 bits per heavy atom. The highest BCUT2D eigenvalue weighted by Crippen LogP contribution is 1.75. The Bertz CT molecular complexity index is 142. The lowest BCUT2D eigenvalue weighted by Gasteiger charge is -1.90. The van der Waals surface area contributed by atoms with Gasteiger partial charge in [-0.1, -0.05) is 17.8 Å². The second kappa shape index (κ2) is 5.81. The average molecular weight is 143 g/mol. The van der Waals surface area contributed by atoms with Crippen LogP contribution in [0, 0.1) is 0 Å². The molecule has 0 heterocycles. The normalized spacial score (nSPS) is 9.30. The first-order valence-electron chi connectivity index (χ1n) is 2.65. The fraction of sp³-hybridized carbons (Fsp3) is 0.333. The van der Waals surface area contributed by atoms with Crippen LogP contribution in [0.15, 0.2) is 17.8 Å². The molecule has 0 aromatic carbocycles. The maximum atomic E-state index is 10.3. The summed E-state index contributed by atoms with van der Waals surface area (Å²) in [6.07, 6.45) is 2.47. The highest BCUT2D eigenvalue weighted by atomic mass is 16.6. The summed E-state index contributed by atoms with van der Waals surface area (Å²) >= 11 is 0. The maximum absolute atomic E-state index is 10.3. The van der Waals surface area contributed by atoms with E-state index in [0.717, 1.165) is 6.21 Å². The van der Waals surface area contributed by atoms with Gasteiger partial charge < -0.3 is 9.57 Å². The zero-order valence-electron chi connectivity index (χ0n) is 5.74. The minimum atomic E-state index is -0.538. The monoisotopic (exact) mass is 143 g/mol. The van der Waals surface area contributed by atoms with E-state index < -0.39 is 5.97 Å². The quantitative estimate of drug-likeness (QED) is 0.187. The van der Waals surface area contributed by atoms with Crippen molar-refractivity contribution in [1.82, 2.24) is 0 Å². The van der Waals surface area contributed by atoms with Gasteiger partial charge >= 0.3 is 5.97 Å². The lowest BCUT2D eigenvalue weighted by atomic mass is 10.7. The van der Waals surface area contributed by atoms with Gasteiger partial charge in [-0.15, -0.1) is 0 Å². The van der Waals surface area contributed by atoms with Crippen LogP contribution in [0.2, 0.25) is 0 Å². The summed E-state index contributed by atoms with van der Waals surface area (Å²) in [5.74, 6) is -0.538. The van der Waals surface area contributed by atoms with Crippen LogP contribution < -0.4 is 0 Å². The SMILES string of the molecule is C=CCON=CC(=O)OC. The van der Waals surface area contributed by atoms with Crippen molar-refractivity contribution in [3.8, 4) is 0 Å². The molecule has 0 N–H and O–H groups in total. The van der Waals surface area contributed by atoms with Crippen LogP contribution in [0.3, 0.4) is 0 Å². The number of nitrogens with zero attached hydrogens (tertiary/aromatic N) is 1. The highest BCUT2D eigenvalue weighted by molar-refractivity contribution is 6.22. The topological polar surface area (TPSA) is 47.9 Å². The summed E-state index contributed by atoms with van der Waals surface area (Å²) in [6, 6.07) is 0. The van der Waals surface area contributed by atoms with E-state index in [1.807, 2.05) is 0 Å². The van der Waals surface area contributed by atoms with Crippen molar-refractivity contribution in [1.29, 1.82) is 0 Å². The number of carbonyl (C=O) groups is 1. The minimum absolute atomic E-state index is 0.285. The molecule has 0 aliphatic rings. The molecule has 0 aromatic heterocycles. The molecule has 0 bridgehead atoms. The molecule has 0 saturated heterocycles. The van der Waals surface area contributed by atoms with Crippen LogP contribution in [-0.4, -0.2) is 25.9 Å². The van der Waals surface area contributed by atoms with Crippen LogP contribution in [0.25, 0.3) is 0 Å². The summed E-state index contributed by atoms with van der Waals surface area (Å²) in [7, 11) is 1.27. The summed E-state index contributed by atoms with van der Waals surface area (Å²) in [5.41, 5.74) is 0. The van der Waals surface area contributed by atoms with E-state index >= 15 is 0 Å². The molecule has 0 fully saturated rings. The molecule has 0 atom stereocenters. The molecule has 0 aliphatic heterocycles. The molecule has 0 unspecified atom stereocenters. The molecule has 0 rings (SSSR count). The largest absolute Gasteiger partial charge is 0.465 e. The van der Waals surface area contributed by atoms with Crippen molar-refractivity contribution < 1.29 is 14.4 Å². The first-order valence-corrected chi connectivity index (χ1v) is 2.65. The van der Waals surface area contributed by atoms with Gasteiger partial charge in [-0.25, -0.2) is 4.79 Å². The van der Waals surface area contributed by atoms with E-state index in [1.54, 1.807) is 0 Å². The van der Waals surface area contributed by atoms with E-state index in [1.165, 1.54) is 13.2 Å². The number of methoxy groups -OCH3 is 1. The first kappa shape index (κ1) is 8.68. The van der Waals surface area contributed by atoms with Gasteiger partial charge in [-0.3, -0.25) is 0 Å². The van der Waals surface area contributed by atoms with E-state index in [-0.39, 0.29) is 6.61 Å². The second-order valence-electron chi connectivity index (χ2n) is 1.34. The van der Waals surface area contributed by atoms with Crippen LogP contribution in [0.5, 0.6) is 0 Å². The summed E-state index contributed by atoms with van der Waals surface area (Å²) in [5, 5.41) is 3.26. The standard InChI is InChI=1S/C6H9NO3/c1-3-4-10-7-5-6(8)9-2/h3,5H,1,4H2,2H3. The van der Waals surface area contributed by atoms with Crippen molar-refractivity contribution in [3.05, 3.63) is 12.7 Å². The first-order chi connectivity index (χ1) is 4.81. The lowest BCUT2D eigenvalue weighted by molar-refractivity contribution is -0.132. The molecule has 10 heavy (non-hydrogen) atoms. The van der Waals surface area contributed by atoms with Gasteiger partial charge in [0.05, 0.1) is 7.11 Å². The number of esters is 1. The fourth-order valence-corrected chi connectivity index (χ4v) is 0.229. The highest BCUT2D eigenvalue weighted by Gasteiger charge is 1.89. The van der Waals surface area contributed by atoms with E-state index in [4.69, 9.17) is 0 Å². The van der Waals surface area contributed by atoms with Crippen molar-refractivity contribution >= 4 is 12.2 Å². The van der Waals surface area contributed by atoms with Crippen molar-refractivity contribution in [2.24, 2.45) is 5.16 Å². The fourth-order valence-electron chi connectivity index (χ4n) is 0.229. The molecule has 0 aliphatic carbocycles. The summed E-state index contributed by atoms with van der Waals surface area (Å²) < 4.78 is 4.24. The van der Waals surface area contributed by atoms with Gasteiger partial charge in [-0.05, 0) is 0 Å². The number of oxime groups is 1. The molecule has 4 heteroatoms. The Balaban J connectivity index is 3.35. The van der Waals surface area contributed by atoms with Gasteiger partial charge in [0, 0.05) is 0 Å². The molecule has 0 saturated carbocycles. The summed E-state index contributed by atoms with van der Waals surface area (Å²) in [6.45, 7) is 3.67. The predicted molar refractivity (Wildman–Crippen MR) is 36.7 cm³/mol. The molecule has 0 aromatic rings. The van der Waals surface area contributed by atoms with Crippen LogP contribution in [-0.2, 0) is 14.4 Å². The predicted octanol–water partition coefficient (Wildman–Crippen LogP) is 0.348. The van der Waals surface area contributed by atoms with Crippen molar-refractivity contribution in [2.75, 3.05) is 13.7 Å². The Morgan fingerprint density at radius 3 is 3.00 bits per heavy atom. The number of hydrogen-bond donors (Lipinski definition) is 0. The number of rotatable bonds is 4. The average Bonchev–Trinajstić information content (AvgIpc) is 1.98. The van der Waals surface area contributed by atoms with Gasteiger partial charge in [-0.2, -0.15) is 0 Å². The maximum Gasteiger partial charge on any atom is 0.352 e. The third-order valence-electron chi connectivity index (χ3n) is 0.626. The summed E-state index contributed by atoms with van der Waals surface area (Å²) in [4.78, 5) is 14.8. The Labute approximate surface area is 59.1 Å². The van der Waals surface area contributed by atoms with Crippen LogP contribution in [0.4, 0.5) is 0 Å². The molecule has 56 valence electrons. The Hall–Kier alpha value is -1.32. The third-order valence-corrected chi connectivity index (χ3v) is 0.626. The number of ether oxygens (including phenoxy) is 1. The van der Waals surface area contributed by atoms with Gasteiger partial charge in [0.15, 0.2) is 6.21 Å². The van der Waals surface area contributed by atoms with Crippen LogP contribution >= 0.6 is 0 Å². The molecule has 0 spiro atoms. The number of hydrogen-bond acceptors (Lipinski definition) is 4. The Kier molecular flexibility index (Phi) is 5.04. The molecule has 4 nitrogen and oxygen atoms in total.